The van der Waals surface area contributed by atoms with Gasteiger partial charge in [0.05, 0.1) is 12.1 Å². The van der Waals surface area contributed by atoms with Crippen LogP contribution in [0.5, 0.6) is 0 Å². The molecule has 2 aromatic rings. The molecule has 5 nitrogen and oxygen atoms in total. The topological polar surface area (TPSA) is 66.3 Å². The average Bonchev–Trinajstić information content (AvgIpc) is 2.45. The Hall–Kier alpha value is -1.95. The maximum Gasteiger partial charge on any atom is 0.305 e. The molecule has 1 aromatic heterocycles. The van der Waals surface area contributed by atoms with E-state index in [1.807, 2.05) is 36.4 Å². The first-order valence-electron chi connectivity index (χ1n) is 6.09. The smallest absolute Gasteiger partial charge is 0.305 e. The van der Waals surface area contributed by atoms with Crippen molar-refractivity contribution >= 4 is 27.7 Å². The van der Waals surface area contributed by atoms with Gasteiger partial charge in [0.15, 0.2) is 5.82 Å². The predicted octanol–water partition coefficient (Wildman–Crippen LogP) is 2.82. The number of carboxylic acid groups (broad SMARTS) is 1. The van der Waals surface area contributed by atoms with E-state index in [1.54, 1.807) is 11.9 Å². The van der Waals surface area contributed by atoms with Crippen LogP contribution in [0.3, 0.4) is 0 Å². The van der Waals surface area contributed by atoms with Crippen LogP contribution in [-0.4, -0.2) is 34.9 Å². The van der Waals surface area contributed by atoms with Crippen molar-refractivity contribution in [3.05, 3.63) is 40.9 Å². The van der Waals surface area contributed by atoms with E-state index in [0.29, 0.717) is 12.4 Å². The van der Waals surface area contributed by atoms with Crippen molar-refractivity contribution in [2.45, 2.75) is 6.42 Å². The van der Waals surface area contributed by atoms with Crippen molar-refractivity contribution in [3.8, 4) is 11.3 Å². The summed E-state index contributed by atoms with van der Waals surface area (Å²) in [5.41, 5.74) is 1.76. The molecule has 0 bridgehead atoms. The molecule has 0 aliphatic carbocycles. The molecular weight excluding hydrogens is 322 g/mol. The number of anilines is 1. The largest absolute Gasteiger partial charge is 0.481 e. The summed E-state index contributed by atoms with van der Waals surface area (Å²) >= 11 is 3.42. The fraction of sp³-hybridized carbons (Fsp3) is 0.214. The average molecular weight is 336 g/mol. The summed E-state index contributed by atoms with van der Waals surface area (Å²) in [5.74, 6) is -0.166. The van der Waals surface area contributed by atoms with Gasteiger partial charge in [-0.3, -0.25) is 4.79 Å². The lowest BCUT2D eigenvalue weighted by Crippen LogP contribution is -2.22. The summed E-state index contributed by atoms with van der Waals surface area (Å²) < 4.78 is 0.986. The number of benzene rings is 1. The number of carbonyl (C=O) groups is 1. The molecule has 0 saturated heterocycles. The quantitative estimate of drug-likeness (QED) is 0.909. The Morgan fingerprint density at radius 2 is 2.10 bits per heavy atom. The highest BCUT2D eigenvalue weighted by molar-refractivity contribution is 9.10. The minimum Gasteiger partial charge on any atom is -0.481 e. The lowest BCUT2D eigenvalue weighted by molar-refractivity contribution is -0.136. The van der Waals surface area contributed by atoms with Gasteiger partial charge in [0.1, 0.15) is 0 Å². The molecule has 0 radical (unpaired) electrons. The number of hydrogen-bond donors (Lipinski definition) is 1. The Balaban J connectivity index is 2.12. The molecule has 104 valence electrons. The summed E-state index contributed by atoms with van der Waals surface area (Å²) in [5, 5.41) is 17.0. The van der Waals surface area contributed by atoms with Crippen LogP contribution in [0.1, 0.15) is 6.42 Å². The second-order valence-corrected chi connectivity index (χ2v) is 5.27. The van der Waals surface area contributed by atoms with Gasteiger partial charge in [-0.1, -0.05) is 28.1 Å². The number of hydrogen-bond acceptors (Lipinski definition) is 4. The maximum atomic E-state index is 10.5. The normalized spacial score (nSPS) is 10.3. The molecule has 0 spiro atoms. The van der Waals surface area contributed by atoms with Crippen molar-refractivity contribution in [1.29, 1.82) is 0 Å². The minimum atomic E-state index is -0.824. The van der Waals surface area contributed by atoms with Crippen LogP contribution in [0, 0.1) is 0 Å². The van der Waals surface area contributed by atoms with Gasteiger partial charge in [-0.05, 0) is 24.3 Å². The summed E-state index contributed by atoms with van der Waals surface area (Å²) in [6.45, 7) is 0.403. The van der Waals surface area contributed by atoms with Gasteiger partial charge >= 0.3 is 5.97 Å². The van der Waals surface area contributed by atoms with Crippen LogP contribution in [0.4, 0.5) is 5.82 Å². The summed E-state index contributed by atoms with van der Waals surface area (Å²) in [4.78, 5) is 12.3. The van der Waals surface area contributed by atoms with Gasteiger partial charge in [-0.2, -0.15) is 0 Å². The molecule has 0 fully saturated rings. The molecule has 1 N–H and O–H groups in total. The van der Waals surface area contributed by atoms with Crippen LogP contribution in [0.15, 0.2) is 40.9 Å². The Kier molecular flexibility index (Phi) is 4.68. The monoisotopic (exact) mass is 335 g/mol. The van der Waals surface area contributed by atoms with E-state index in [1.165, 1.54) is 0 Å². The van der Waals surface area contributed by atoms with E-state index in [4.69, 9.17) is 5.11 Å². The van der Waals surface area contributed by atoms with Gasteiger partial charge in [0.2, 0.25) is 0 Å². The third-order valence-electron chi connectivity index (χ3n) is 2.82. The molecule has 1 heterocycles. The van der Waals surface area contributed by atoms with E-state index < -0.39 is 5.97 Å². The number of nitrogens with zero attached hydrogens (tertiary/aromatic N) is 3. The first-order chi connectivity index (χ1) is 9.56. The third-order valence-corrected chi connectivity index (χ3v) is 3.32. The zero-order valence-corrected chi connectivity index (χ0v) is 12.5. The number of aliphatic carboxylic acids is 1. The van der Waals surface area contributed by atoms with Gasteiger partial charge in [-0.25, -0.2) is 0 Å². The van der Waals surface area contributed by atoms with Gasteiger partial charge in [0, 0.05) is 23.6 Å². The molecule has 0 amide bonds. The first kappa shape index (κ1) is 14.5. The van der Waals surface area contributed by atoms with Crippen molar-refractivity contribution in [1.82, 2.24) is 10.2 Å². The molecule has 2 rings (SSSR count). The molecule has 0 unspecified atom stereocenters. The van der Waals surface area contributed by atoms with Crippen LogP contribution in [0.25, 0.3) is 11.3 Å². The first-order valence-corrected chi connectivity index (χ1v) is 6.88. The Bertz CT molecular complexity index is 602. The maximum absolute atomic E-state index is 10.5. The Labute approximate surface area is 125 Å². The van der Waals surface area contributed by atoms with Crippen LogP contribution in [-0.2, 0) is 4.79 Å². The number of rotatable bonds is 5. The SMILES string of the molecule is CN(CCC(=O)O)c1ccc(-c2cccc(Br)c2)nn1. The highest BCUT2D eigenvalue weighted by atomic mass is 79.9. The molecular formula is C14H14BrN3O2. The predicted molar refractivity (Wildman–Crippen MR) is 80.7 cm³/mol. The molecule has 0 atom stereocenters. The zero-order valence-electron chi connectivity index (χ0n) is 11.0. The van der Waals surface area contributed by atoms with Crippen LogP contribution >= 0.6 is 15.9 Å². The Morgan fingerprint density at radius 3 is 2.70 bits per heavy atom. The minimum absolute atomic E-state index is 0.0750. The van der Waals surface area contributed by atoms with E-state index in [-0.39, 0.29) is 6.42 Å². The van der Waals surface area contributed by atoms with Gasteiger partial charge in [-0.15, -0.1) is 10.2 Å². The van der Waals surface area contributed by atoms with Crippen molar-refractivity contribution in [2.24, 2.45) is 0 Å². The number of halogens is 1. The Morgan fingerprint density at radius 1 is 1.30 bits per heavy atom. The highest BCUT2D eigenvalue weighted by Gasteiger charge is 2.07. The van der Waals surface area contributed by atoms with Crippen molar-refractivity contribution in [3.63, 3.8) is 0 Å². The van der Waals surface area contributed by atoms with Crippen LogP contribution < -0.4 is 4.90 Å². The van der Waals surface area contributed by atoms with E-state index in [0.717, 1.165) is 15.7 Å². The second kappa shape index (κ2) is 6.47. The molecule has 0 aliphatic rings. The van der Waals surface area contributed by atoms with E-state index in [2.05, 4.69) is 26.1 Å². The number of carboxylic acids is 1. The van der Waals surface area contributed by atoms with Gasteiger partial charge < -0.3 is 10.0 Å². The molecule has 6 heteroatoms. The third kappa shape index (κ3) is 3.77. The van der Waals surface area contributed by atoms with E-state index in [9.17, 15) is 4.79 Å². The molecule has 20 heavy (non-hydrogen) atoms. The zero-order chi connectivity index (χ0) is 14.5. The molecule has 1 aromatic carbocycles. The lowest BCUT2D eigenvalue weighted by atomic mass is 10.1. The fourth-order valence-electron chi connectivity index (χ4n) is 1.71. The van der Waals surface area contributed by atoms with Crippen molar-refractivity contribution in [2.75, 3.05) is 18.5 Å². The lowest BCUT2D eigenvalue weighted by Gasteiger charge is -2.16. The van der Waals surface area contributed by atoms with Crippen molar-refractivity contribution < 1.29 is 9.90 Å². The standard InChI is InChI=1S/C14H14BrN3O2/c1-18(8-7-14(19)20)13-6-5-12(16-17-13)10-3-2-4-11(15)9-10/h2-6,9H,7-8H2,1H3,(H,19,20). The summed E-state index contributed by atoms with van der Waals surface area (Å²) in [7, 11) is 1.80. The number of aromatic nitrogens is 2. The van der Waals surface area contributed by atoms with Gasteiger partial charge in [0.25, 0.3) is 0 Å². The molecule has 0 saturated carbocycles. The summed E-state index contributed by atoms with van der Waals surface area (Å²) in [6.07, 6.45) is 0.0750. The second-order valence-electron chi connectivity index (χ2n) is 4.35. The summed E-state index contributed by atoms with van der Waals surface area (Å²) in [6, 6.07) is 11.5. The van der Waals surface area contributed by atoms with E-state index >= 15 is 0 Å². The van der Waals surface area contributed by atoms with Crippen LogP contribution in [0.2, 0.25) is 0 Å². The molecule has 0 aliphatic heterocycles. The highest BCUT2D eigenvalue weighted by Crippen LogP contribution is 2.21. The fourth-order valence-corrected chi connectivity index (χ4v) is 2.11.